The van der Waals surface area contributed by atoms with Gasteiger partial charge in [0.2, 0.25) is 5.76 Å². The molecule has 1 amide bonds. The van der Waals surface area contributed by atoms with E-state index in [1.165, 1.54) is 23.3 Å². The smallest absolute Gasteiger partial charge is 0.297 e. The van der Waals surface area contributed by atoms with Crippen molar-refractivity contribution in [2.24, 2.45) is 0 Å². The van der Waals surface area contributed by atoms with E-state index in [-0.39, 0.29) is 16.8 Å². The van der Waals surface area contributed by atoms with Gasteiger partial charge < -0.3 is 13.9 Å². The fourth-order valence-corrected chi connectivity index (χ4v) is 5.71. The van der Waals surface area contributed by atoms with Crippen LogP contribution in [0.3, 0.4) is 0 Å². The summed E-state index contributed by atoms with van der Waals surface area (Å²) in [4.78, 5) is 33.7. The summed E-state index contributed by atoms with van der Waals surface area (Å²) in [6.07, 6.45) is 0. The Morgan fingerprint density at radius 1 is 1.03 bits per heavy atom. The first-order valence-corrected chi connectivity index (χ1v) is 11.9. The summed E-state index contributed by atoms with van der Waals surface area (Å²) in [5.74, 6) is 0.600. The first kappa shape index (κ1) is 21.6. The predicted octanol–water partition coefficient (Wildman–Crippen LogP) is 5.82. The summed E-state index contributed by atoms with van der Waals surface area (Å²) >= 11 is 7.49. The molecular formula is C26H17ClN2O5S. The molecule has 1 aliphatic heterocycles. The van der Waals surface area contributed by atoms with Gasteiger partial charge in [-0.1, -0.05) is 35.1 Å². The average molecular weight is 505 g/mol. The van der Waals surface area contributed by atoms with Crippen LogP contribution in [0.5, 0.6) is 11.5 Å². The number of halogens is 1. The van der Waals surface area contributed by atoms with Crippen molar-refractivity contribution in [2.75, 3.05) is 19.1 Å². The van der Waals surface area contributed by atoms with E-state index in [0.29, 0.717) is 43.7 Å². The van der Waals surface area contributed by atoms with Gasteiger partial charge in [0.15, 0.2) is 10.6 Å². The number of benzene rings is 3. The van der Waals surface area contributed by atoms with Gasteiger partial charge in [0, 0.05) is 16.7 Å². The number of amides is 1. The van der Waals surface area contributed by atoms with E-state index in [4.69, 9.17) is 25.5 Å². The van der Waals surface area contributed by atoms with Gasteiger partial charge in [0.1, 0.15) is 23.1 Å². The Bertz CT molecular complexity index is 1710. The molecule has 0 bridgehead atoms. The normalized spacial score (nSPS) is 15.1. The van der Waals surface area contributed by atoms with Crippen LogP contribution >= 0.6 is 22.9 Å². The van der Waals surface area contributed by atoms with Crippen LogP contribution in [-0.4, -0.2) is 25.1 Å². The van der Waals surface area contributed by atoms with Crippen molar-refractivity contribution in [2.45, 2.75) is 6.04 Å². The van der Waals surface area contributed by atoms with E-state index in [9.17, 15) is 9.59 Å². The van der Waals surface area contributed by atoms with E-state index in [0.717, 1.165) is 4.70 Å². The number of nitrogens with zero attached hydrogens (tertiary/aromatic N) is 2. The Balaban J connectivity index is 1.65. The quantitative estimate of drug-likeness (QED) is 0.306. The maximum absolute atomic E-state index is 13.8. The number of carbonyl (C=O) groups is 1. The molecule has 0 radical (unpaired) electrons. The highest BCUT2D eigenvalue weighted by atomic mass is 35.5. The number of para-hydroxylation sites is 1. The molecule has 1 unspecified atom stereocenters. The summed E-state index contributed by atoms with van der Waals surface area (Å²) in [5, 5.41) is 1.39. The van der Waals surface area contributed by atoms with Crippen LogP contribution in [0.15, 0.2) is 69.9 Å². The number of hydrogen-bond donors (Lipinski definition) is 0. The number of thiazole rings is 1. The van der Waals surface area contributed by atoms with Gasteiger partial charge >= 0.3 is 0 Å². The Kier molecular flexibility index (Phi) is 5.01. The number of ether oxygens (including phenoxy) is 2. The Morgan fingerprint density at radius 3 is 2.66 bits per heavy atom. The number of rotatable bonds is 4. The third-order valence-corrected chi connectivity index (χ3v) is 7.31. The second-order valence-electron chi connectivity index (χ2n) is 7.96. The number of anilines is 1. The minimum atomic E-state index is -0.810. The zero-order valence-corrected chi connectivity index (χ0v) is 20.1. The Morgan fingerprint density at radius 2 is 1.86 bits per heavy atom. The number of aromatic nitrogens is 1. The third kappa shape index (κ3) is 3.29. The van der Waals surface area contributed by atoms with Crippen molar-refractivity contribution in [1.82, 2.24) is 4.98 Å². The van der Waals surface area contributed by atoms with E-state index < -0.39 is 11.9 Å². The van der Waals surface area contributed by atoms with E-state index in [2.05, 4.69) is 4.98 Å². The van der Waals surface area contributed by atoms with Crippen LogP contribution in [0.2, 0.25) is 5.02 Å². The predicted molar refractivity (Wildman–Crippen MR) is 135 cm³/mol. The van der Waals surface area contributed by atoms with Gasteiger partial charge in [0.25, 0.3) is 5.91 Å². The molecule has 0 aliphatic carbocycles. The van der Waals surface area contributed by atoms with E-state index in [1.54, 1.807) is 67.8 Å². The van der Waals surface area contributed by atoms with E-state index in [1.807, 2.05) is 0 Å². The minimum Gasteiger partial charge on any atom is -0.497 e. The van der Waals surface area contributed by atoms with Gasteiger partial charge in [-0.2, -0.15) is 0 Å². The first-order valence-electron chi connectivity index (χ1n) is 10.7. The van der Waals surface area contributed by atoms with Crippen molar-refractivity contribution in [1.29, 1.82) is 0 Å². The summed E-state index contributed by atoms with van der Waals surface area (Å²) < 4.78 is 17.8. The van der Waals surface area contributed by atoms with Crippen LogP contribution in [0.25, 0.3) is 21.2 Å². The molecule has 35 heavy (non-hydrogen) atoms. The van der Waals surface area contributed by atoms with Crippen LogP contribution in [-0.2, 0) is 0 Å². The third-order valence-electron chi connectivity index (χ3n) is 6.06. The molecule has 0 saturated heterocycles. The summed E-state index contributed by atoms with van der Waals surface area (Å²) in [6, 6.07) is 16.7. The van der Waals surface area contributed by atoms with Crippen molar-refractivity contribution in [3.8, 4) is 11.5 Å². The molecule has 3 aromatic carbocycles. The second kappa shape index (κ2) is 8.11. The molecule has 0 spiro atoms. The zero-order chi connectivity index (χ0) is 24.3. The topological polar surface area (TPSA) is 81.9 Å². The Labute approximate surface area is 208 Å². The fraction of sp³-hybridized carbons (Fsp3) is 0.115. The zero-order valence-electron chi connectivity index (χ0n) is 18.6. The number of fused-ring (bicyclic) bond motifs is 3. The lowest BCUT2D eigenvalue weighted by Gasteiger charge is -2.24. The van der Waals surface area contributed by atoms with Gasteiger partial charge in [-0.3, -0.25) is 14.5 Å². The molecule has 9 heteroatoms. The lowest BCUT2D eigenvalue weighted by molar-refractivity contribution is 0.0971. The first-order chi connectivity index (χ1) is 17.0. The molecule has 5 aromatic rings. The van der Waals surface area contributed by atoms with Gasteiger partial charge in [-0.05, 0) is 42.5 Å². The highest BCUT2D eigenvalue weighted by Gasteiger charge is 2.46. The van der Waals surface area contributed by atoms with E-state index >= 15 is 0 Å². The van der Waals surface area contributed by atoms with Gasteiger partial charge in [0.05, 0.1) is 35.4 Å². The molecule has 7 nitrogen and oxygen atoms in total. The molecular weight excluding hydrogens is 488 g/mol. The minimum absolute atomic E-state index is 0.00569. The summed E-state index contributed by atoms with van der Waals surface area (Å²) in [5.41, 5.74) is 1.63. The van der Waals surface area contributed by atoms with Crippen LogP contribution in [0.1, 0.15) is 27.7 Å². The summed E-state index contributed by atoms with van der Waals surface area (Å²) in [7, 11) is 3.09. The highest BCUT2D eigenvalue weighted by molar-refractivity contribution is 7.22. The average Bonchev–Trinajstić information content (AvgIpc) is 3.41. The molecule has 174 valence electrons. The summed E-state index contributed by atoms with van der Waals surface area (Å²) in [6.45, 7) is 0. The lowest BCUT2D eigenvalue weighted by atomic mass is 9.97. The van der Waals surface area contributed by atoms with Crippen molar-refractivity contribution < 1.29 is 18.7 Å². The SMILES string of the molecule is COc1ccc(C2c3c(oc4ccccc4c3=O)C(=O)N2c2nc3ccc(Cl)cc3s2)c(OC)c1. The Hall–Kier alpha value is -3.88. The van der Waals surface area contributed by atoms with Crippen LogP contribution in [0.4, 0.5) is 5.13 Å². The maximum atomic E-state index is 13.8. The fourth-order valence-electron chi connectivity index (χ4n) is 4.44. The molecule has 3 heterocycles. The molecule has 0 N–H and O–H groups in total. The largest absolute Gasteiger partial charge is 0.497 e. The van der Waals surface area contributed by atoms with Crippen LogP contribution < -0.4 is 19.8 Å². The molecule has 6 rings (SSSR count). The molecule has 0 saturated carbocycles. The van der Waals surface area contributed by atoms with Crippen LogP contribution in [0, 0.1) is 0 Å². The monoisotopic (exact) mass is 504 g/mol. The van der Waals surface area contributed by atoms with Crippen molar-refractivity contribution in [3.05, 3.63) is 92.8 Å². The maximum Gasteiger partial charge on any atom is 0.297 e. The standard InChI is InChI=1S/C26H17ClN2O5S/c1-32-14-8-9-15(19(12-14)33-2)22-21-23(30)16-5-3-4-6-18(16)34-24(21)25(31)29(22)26-28-17-10-7-13(27)11-20(17)35-26/h3-12,22H,1-2H3. The number of carbonyl (C=O) groups excluding carboxylic acids is 1. The second-order valence-corrected chi connectivity index (χ2v) is 9.41. The highest BCUT2D eigenvalue weighted by Crippen LogP contribution is 2.46. The molecule has 0 fully saturated rings. The van der Waals surface area contributed by atoms with Crippen molar-refractivity contribution >= 4 is 55.2 Å². The number of hydrogen-bond acceptors (Lipinski definition) is 7. The van der Waals surface area contributed by atoms with Crippen molar-refractivity contribution in [3.63, 3.8) is 0 Å². The lowest BCUT2D eigenvalue weighted by Crippen LogP contribution is -2.29. The number of methoxy groups -OCH3 is 2. The van der Waals surface area contributed by atoms with Gasteiger partial charge in [-0.15, -0.1) is 0 Å². The molecule has 1 atom stereocenters. The molecule has 1 aliphatic rings. The van der Waals surface area contributed by atoms with Gasteiger partial charge in [-0.25, -0.2) is 4.98 Å². The molecule has 2 aromatic heterocycles.